The van der Waals surface area contributed by atoms with Gasteiger partial charge >= 0.3 is 5.97 Å². The molecule has 138 valence electrons. The lowest BCUT2D eigenvalue weighted by Gasteiger charge is -2.11. The van der Waals surface area contributed by atoms with E-state index in [1.165, 1.54) is 42.5 Å². The molecule has 26 heavy (non-hydrogen) atoms. The molecule has 8 heteroatoms. The summed E-state index contributed by atoms with van der Waals surface area (Å²) < 4.78 is 44.8. The molecule has 0 amide bonds. The molecule has 0 radical (unpaired) electrons. The zero-order chi connectivity index (χ0) is 19.1. The van der Waals surface area contributed by atoms with Gasteiger partial charge < -0.3 is 10.5 Å². The number of hydrogen-bond donors (Lipinski definition) is 1. The SMILES string of the molecule is CCOC(=O)C1(N)C(c2cccc(F)c2)C1S(=O)(=O)c1ccc(Cl)cc1. The van der Waals surface area contributed by atoms with Crippen LogP contribution in [0.4, 0.5) is 4.39 Å². The number of halogens is 2. The Morgan fingerprint density at radius 1 is 1.27 bits per heavy atom. The van der Waals surface area contributed by atoms with E-state index in [1.54, 1.807) is 13.0 Å². The number of sulfone groups is 1. The van der Waals surface area contributed by atoms with Gasteiger partial charge in [0.1, 0.15) is 16.6 Å². The Morgan fingerprint density at radius 2 is 1.92 bits per heavy atom. The lowest BCUT2D eigenvalue weighted by atomic mass is 10.1. The molecule has 0 spiro atoms. The smallest absolute Gasteiger partial charge is 0.328 e. The van der Waals surface area contributed by atoms with Crippen LogP contribution in [0.3, 0.4) is 0 Å². The summed E-state index contributed by atoms with van der Waals surface area (Å²) in [7, 11) is -3.97. The third-order valence-corrected chi connectivity index (χ3v) is 7.00. The zero-order valence-corrected chi connectivity index (χ0v) is 15.4. The molecule has 1 fully saturated rings. The van der Waals surface area contributed by atoms with Crippen LogP contribution in [-0.2, 0) is 19.4 Å². The second kappa shape index (κ2) is 6.64. The van der Waals surface area contributed by atoms with Gasteiger partial charge in [-0.2, -0.15) is 0 Å². The van der Waals surface area contributed by atoms with Crippen molar-refractivity contribution in [3.05, 3.63) is 64.9 Å². The van der Waals surface area contributed by atoms with E-state index in [9.17, 15) is 17.6 Å². The van der Waals surface area contributed by atoms with Crippen molar-refractivity contribution in [2.24, 2.45) is 5.73 Å². The first-order valence-corrected chi connectivity index (χ1v) is 9.86. The topological polar surface area (TPSA) is 86.5 Å². The largest absolute Gasteiger partial charge is 0.465 e. The summed E-state index contributed by atoms with van der Waals surface area (Å²) in [4.78, 5) is 12.4. The minimum Gasteiger partial charge on any atom is -0.465 e. The monoisotopic (exact) mass is 397 g/mol. The van der Waals surface area contributed by atoms with E-state index in [2.05, 4.69) is 0 Å². The Hall–Kier alpha value is -1.96. The van der Waals surface area contributed by atoms with E-state index >= 15 is 0 Å². The van der Waals surface area contributed by atoms with Crippen molar-refractivity contribution in [3.8, 4) is 0 Å². The van der Waals surface area contributed by atoms with Crippen molar-refractivity contribution >= 4 is 27.4 Å². The average Bonchev–Trinajstić information content (AvgIpc) is 3.24. The van der Waals surface area contributed by atoms with Gasteiger partial charge in [-0.1, -0.05) is 23.7 Å². The molecule has 5 nitrogen and oxygen atoms in total. The maximum Gasteiger partial charge on any atom is 0.328 e. The highest BCUT2D eigenvalue weighted by molar-refractivity contribution is 7.92. The number of rotatable bonds is 5. The van der Waals surface area contributed by atoms with Crippen molar-refractivity contribution in [1.29, 1.82) is 0 Å². The molecule has 3 rings (SSSR count). The van der Waals surface area contributed by atoms with E-state index < -0.39 is 38.3 Å². The fraction of sp³-hybridized carbons (Fsp3) is 0.278. The maximum atomic E-state index is 13.6. The Kier molecular flexibility index (Phi) is 4.81. The molecule has 3 unspecified atom stereocenters. The van der Waals surface area contributed by atoms with Crippen LogP contribution in [0.5, 0.6) is 0 Å². The molecule has 3 atom stereocenters. The van der Waals surface area contributed by atoms with E-state index in [4.69, 9.17) is 22.1 Å². The van der Waals surface area contributed by atoms with Crippen molar-refractivity contribution in [2.45, 2.75) is 28.5 Å². The van der Waals surface area contributed by atoms with Gasteiger partial charge in [0.15, 0.2) is 9.84 Å². The van der Waals surface area contributed by atoms with E-state index in [0.29, 0.717) is 10.6 Å². The molecule has 0 aromatic heterocycles. The highest BCUT2D eigenvalue weighted by atomic mass is 35.5. The highest BCUT2D eigenvalue weighted by Crippen LogP contribution is 2.56. The third-order valence-electron chi connectivity index (χ3n) is 4.49. The normalized spacial score (nSPS) is 24.9. The number of carbonyl (C=O) groups excluding carboxylic acids is 1. The van der Waals surface area contributed by atoms with Crippen LogP contribution in [0.1, 0.15) is 18.4 Å². The lowest BCUT2D eigenvalue weighted by Crippen LogP contribution is -2.41. The molecule has 0 heterocycles. The number of esters is 1. The Morgan fingerprint density at radius 3 is 2.50 bits per heavy atom. The molecule has 2 aromatic rings. The fourth-order valence-electron chi connectivity index (χ4n) is 3.23. The van der Waals surface area contributed by atoms with Crippen molar-refractivity contribution < 1.29 is 22.3 Å². The summed E-state index contributed by atoms with van der Waals surface area (Å²) in [5, 5.41) is -0.872. The van der Waals surface area contributed by atoms with Crippen molar-refractivity contribution in [2.75, 3.05) is 6.61 Å². The minimum absolute atomic E-state index is 0.00933. The Bertz CT molecular complexity index is 948. The van der Waals surface area contributed by atoms with E-state index in [1.807, 2.05) is 0 Å². The quantitative estimate of drug-likeness (QED) is 0.784. The first-order chi connectivity index (χ1) is 12.2. The van der Waals surface area contributed by atoms with Gasteiger partial charge in [-0.25, -0.2) is 17.6 Å². The van der Waals surface area contributed by atoms with Gasteiger partial charge in [-0.3, -0.25) is 0 Å². The number of carbonyl (C=O) groups is 1. The van der Waals surface area contributed by atoms with Crippen molar-refractivity contribution in [1.82, 2.24) is 0 Å². The summed E-state index contributed by atoms with van der Waals surface area (Å²) in [5.41, 5.74) is 4.76. The van der Waals surface area contributed by atoms with Crippen LogP contribution in [0.15, 0.2) is 53.4 Å². The van der Waals surface area contributed by atoms with Crippen LogP contribution < -0.4 is 5.73 Å². The fourth-order valence-corrected chi connectivity index (χ4v) is 5.58. The van der Waals surface area contributed by atoms with Crippen LogP contribution >= 0.6 is 11.6 Å². The van der Waals surface area contributed by atoms with Gasteiger partial charge in [0.25, 0.3) is 0 Å². The van der Waals surface area contributed by atoms with Gasteiger partial charge in [0.05, 0.1) is 11.5 Å². The molecular formula is C18H17ClFNO4S. The van der Waals surface area contributed by atoms with E-state index in [0.717, 1.165) is 0 Å². The van der Waals surface area contributed by atoms with Crippen LogP contribution in [0.2, 0.25) is 5.02 Å². The first-order valence-electron chi connectivity index (χ1n) is 7.94. The second-order valence-electron chi connectivity index (χ2n) is 6.11. The third kappa shape index (κ3) is 3.00. The summed E-state index contributed by atoms with van der Waals surface area (Å²) in [6.45, 7) is 1.66. The number of ether oxygens (including phenoxy) is 1. The second-order valence-corrected chi connectivity index (χ2v) is 8.61. The van der Waals surface area contributed by atoms with Crippen LogP contribution in [0, 0.1) is 5.82 Å². The molecule has 2 N–H and O–H groups in total. The van der Waals surface area contributed by atoms with Gasteiger partial charge in [0, 0.05) is 10.9 Å². The first kappa shape index (κ1) is 18.8. The zero-order valence-electron chi connectivity index (χ0n) is 13.9. The Balaban J connectivity index is 2.07. The maximum absolute atomic E-state index is 13.6. The molecule has 1 aliphatic carbocycles. The van der Waals surface area contributed by atoms with Crippen LogP contribution in [-0.4, -0.2) is 31.8 Å². The number of hydrogen-bond acceptors (Lipinski definition) is 5. The number of nitrogens with two attached hydrogens (primary N) is 1. The van der Waals surface area contributed by atoms with Crippen molar-refractivity contribution in [3.63, 3.8) is 0 Å². The lowest BCUT2D eigenvalue weighted by molar-refractivity contribution is -0.145. The van der Waals surface area contributed by atoms with Gasteiger partial charge in [0.2, 0.25) is 0 Å². The number of benzene rings is 2. The highest BCUT2D eigenvalue weighted by Gasteiger charge is 2.74. The predicted molar refractivity (Wildman–Crippen MR) is 95.1 cm³/mol. The molecule has 0 saturated heterocycles. The Labute approximate surface area is 155 Å². The predicted octanol–water partition coefficient (Wildman–Crippen LogP) is 2.68. The van der Waals surface area contributed by atoms with E-state index in [-0.39, 0.29) is 11.5 Å². The summed E-state index contributed by atoms with van der Waals surface area (Å²) >= 11 is 5.81. The minimum atomic E-state index is -3.97. The molecular weight excluding hydrogens is 381 g/mol. The molecule has 2 aromatic carbocycles. The molecule has 0 bridgehead atoms. The summed E-state index contributed by atoms with van der Waals surface area (Å²) in [6.07, 6.45) is 0. The van der Waals surface area contributed by atoms with Crippen LogP contribution in [0.25, 0.3) is 0 Å². The molecule has 1 aliphatic rings. The molecule has 1 saturated carbocycles. The summed E-state index contributed by atoms with van der Waals surface area (Å²) in [6, 6.07) is 11.0. The molecule has 0 aliphatic heterocycles. The van der Waals surface area contributed by atoms with Gasteiger partial charge in [-0.15, -0.1) is 0 Å². The van der Waals surface area contributed by atoms with Gasteiger partial charge in [-0.05, 0) is 48.9 Å². The standard InChI is InChI=1S/C18H17ClFNO4S/c1-2-25-17(22)18(21)15(11-4-3-5-13(20)10-11)16(18)26(23,24)14-8-6-12(19)7-9-14/h3-10,15-16H,2,21H2,1H3. The average molecular weight is 398 g/mol. The summed E-state index contributed by atoms with van der Waals surface area (Å²) in [5.74, 6) is -2.27.